The molecule has 1 N–H and O–H groups in total. The van der Waals surface area contributed by atoms with Gasteiger partial charge in [-0.15, -0.1) is 0 Å². The second-order valence-corrected chi connectivity index (χ2v) is 8.03. The maximum Gasteiger partial charge on any atom is 0.255 e. The maximum absolute atomic E-state index is 12.3. The molecule has 0 saturated heterocycles. The molecule has 1 amide bonds. The second kappa shape index (κ2) is 8.05. The van der Waals surface area contributed by atoms with Gasteiger partial charge in [-0.25, -0.2) is 8.42 Å². The van der Waals surface area contributed by atoms with Crippen LogP contribution in [0.5, 0.6) is 0 Å². The molecule has 0 spiro atoms. The van der Waals surface area contributed by atoms with Crippen LogP contribution in [0.4, 0.5) is 11.4 Å². The molecule has 0 unspecified atom stereocenters. The molecule has 0 heterocycles. The quantitative estimate of drug-likeness (QED) is 0.705. The van der Waals surface area contributed by atoms with E-state index in [-0.39, 0.29) is 12.5 Å². The summed E-state index contributed by atoms with van der Waals surface area (Å²) in [5.74, 6) is -0.248. The summed E-state index contributed by atoms with van der Waals surface area (Å²) < 4.78 is 25.8. The minimum atomic E-state index is -3.47. The third kappa shape index (κ3) is 4.95. The fourth-order valence-electron chi connectivity index (χ4n) is 2.65. The number of hydrogen-bond donors (Lipinski definition) is 1. The molecule has 6 heteroatoms. The van der Waals surface area contributed by atoms with Gasteiger partial charge in [0.2, 0.25) is 10.0 Å². The van der Waals surface area contributed by atoms with Gasteiger partial charge in [0, 0.05) is 11.3 Å². The van der Waals surface area contributed by atoms with Crippen molar-refractivity contribution < 1.29 is 13.2 Å². The Bertz CT molecular complexity index is 1000. The number of hydrogen-bond acceptors (Lipinski definition) is 3. The molecule has 3 rings (SSSR count). The Hall–Kier alpha value is -3.12. The second-order valence-electron chi connectivity index (χ2n) is 6.12. The lowest BCUT2D eigenvalue weighted by atomic mass is 10.1. The summed E-state index contributed by atoms with van der Waals surface area (Å²) in [5.41, 5.74) is 2.55. The van der Waals surface area contributed by atoms with Crippen molar-refractivity contribution in [2.75, 3.05) is 15.9 Å². The Morgan fingerprint density at radius 3 is 1.96 bits per heavy atom. The van der Waals surface area contributed by atoms with Gasteiger partial charge in [0.05, 0.1) is 18.5 Å². The number of nitrogens with zero attached hydrogens (tertiary/aromatic N) is 1. The summed E-state index contributed by atoms with van der Waals surface area (Å²) in [6.45, 7) is 0.231. The zero-order chi connectivity index (χ0) is 19.3. The molecule has 138 valence electrons. The van der Waals surface area contributed by atoms with E-state index in [0.717, 1.165) is 5.56 Å². The van der Waals surface area contributed by atoms with E-state index in [9.17, 15) is 13.2 Å². The van der Waals surface area contributed by atoms with Crippen LogP contribution in [0.15, 0.2) is 84.9 Å². The van der Waals surface area contributed by atoms with Crippen molar-refractivity contribution in [3.63, 3.8) is 0 Å². The van der Waals surface area contributed by atoms with E-state index in [1.165, 1.54) is 10.6 Å². The Labute approximate surface area is 159 Å². The first-order valence-electron chi connectivity index (χ1n) is 8.41. The molecule has 0 saturated carbocycles. The van der Waals surface area contributed by atoms with Crippen molar-refractivity contribution in [1.29, 1.82) is 0 Å². The van der Waals surface area contributed by atoms with Crippen molar-refractivity contribution in [3.8, 4) is 0 Å². The van der Waals surface area contributed by atoms with Crippen molar-refractivity contribution in [2.45, 2.75) is 6.54 Å². The molecule has 0 aliphatic carbocycles. The normalized spacial score (nSPS) is 11.0. The van der Waals surface area contributed by atoms with Gasteiger partial charge >= 0.3 is 0 Å². The summed E-state index contributed by atoms with van der Waals surface area (Å²) in [4.78, 5) is 12.3. The Morgan fingerprint density at radius 2 is 1.41 bits per heavy atom. The number of rotatable bonds is 6. The number of para-hydroxylation sites is 1. The van der Waals surface area contributed by atoms with Crippen molar-refractivity contribution in [3.05, 3.63) is 96.1 Å². The largest absolute Gasteiger partial charge is 0.322 e. The minimum absolute atomic E-state index is 0.231. The standard InChI is InChI=1S/C21H20N2O3S/c1-27(25,26)23(16-17-8-4-2-5-9-17)20-14-12-18(13-15-20)21(24)22-19-10-6-3-7-11-19/h2-15H,16H2,1H3,(H,22,24). The van der Waals surface area contributed by atoms with Crippen LogP contribution in [-0.4, -0.2) is 20.6 Å². The molecule has 5 nitrogen and oxygen atoms in total. The topological polar surface area (TPSA) is 66.5 Å². The van der Waals surface area contributed by atoms with Crippen LogP contribution >= 0.6 is 0 Å². The molecule has 0 aliphatic rings. The average Bonchev–Trinajstić information content (AvgIpc) is 2.67. The van der Waals surface area contributed by atoms with Gasteiger partial charge < -0.3 is 5.32 Å². The molecular weight excluding hydrogens is 360 g/mol. The molecule has 27 heavy (non-hydrogen) atoms. The Morgan fingerprint density at radius 1 is 0.852 bits per heavy atom. The van der Waals surface area contributed by atoms with Gasteiger partial charge in [-0.1, -0.05) is 48.5 Å². The molecule has 0 aliphatic heterocycles. The lowest BCUT2D eigenvalue weighted by Gasteiger charge is -2.22. The lowest BCUT2D eigenvalue weighted by molar-refractivity contribution is 0.102. The first-order valence-corrected chi connectivity index (χ1v) is 10.3. The fraction of sp³-hybridized carbons (Fsp3) is 0.0952. The van der Waals surface area contributed by atoms with Crippen LogP contribution in [0, 0.1) is 0 Å². The monoisotopic (exact) mass is 380 g/mol. The third-order valence-corrected chi connectivity index (χ3v) is 5.16. The van der Waals surface area contributed by atoms with Crippen LogP contribution in [0.3, 0.4) is 0 Å². The highest BCUT2D eigenvalue weighted by Crippen LogP contribution is 2.21. The van der Waals surface area contributed by atoms with E-state index in [1.54, 1.807) is 36.4 Å². The van der Waals surface area contributed by atoms with Gasteiger partial charge in [0.1, 0.15) is 0 Å². The Balaban J connectivity index is 1.80. The van der Waals surface area contributed by atoms with Crippen LogP contribution in [0.1, 0.15) is 15.9 Å². The van der Waals surface area contributed by atoms with E-state index in [0.29, 0.717) is 16.9 Å². The predicted molar refractivity (Wildman–Crippen MR) is 108 cm³/mol. The van der Waals surface area contributed by atoms with E-state index in [4.69, 9.17) is 0 Å². The van der Waals surface area contributed by atoms with E-state index in [2.05, 4.69) is 5.32 Å². The highest BCUT2D eigenvalue weighted by Gasteiger charge is 2.18. The molecule has 0 aromatic heterocycles. The van der Waals surface area contributed by atoms with Gasteiger partial charge in [0.25, 0.3) is 5.91 Å². The predicted octanol–water partition coefficient (Wildman–Crippen LogP) is 3.91. The third-order valence-electron chi connectivity index (χ3n) is 4.02. The molecule has 0 atom stereocenters. The summed E-state index contributed by atoms with van der Waals surface area (Å²) >= 11 is 0. The van der Waals surface area contributed by atoms with Gasteiger partial charge in [-0.05, 0) is 42.0 Å². The van der Waals surface area contributed by atoms with E-state index in [1.807, 2.05) is 48.5 Å². The first kappa shape index (κ1) is 18.7. The molecule has 3 aromatic carbocycles. The molecule has 0 bridgehead atoms. The van der Waals surface area contributed by atoms with Crippen LogP contribution in [0.2, 0.25) is 0 Å². The number of benzene rings is 3. The zero-order valence-electron chi connectivity index (χ0n) is 14.9. The van der Waals surface area contributed by atoms with Crippen molar-refractivity contribution in [1.82, 2.24) is 0 Å². The maximum atomic E-state index is 12.3. The smallest absolute Gasteiger partial charge is 0.255 e. The molecule has 0 radical (unpaired) electrons. The first-order chi connectivity index (χ1) is 12.9. The number of amides is 1. The van der Waals surface area contributed by atoms with Gasteiger partial charge in [-0.3, -0.25) is 9.10 Å². The molecule has 0 fully saturated rings. The number of nitrogens with one attached hydrogen (secondary N) is 1. The number of anilines is 2. The SMILES string of the molecule is CS(=O)(=O)N(Cc1ccccc1)c1ccc(C(=O)Nc2ccccc2)cc1. The highest BCUT2D eigenvalue weighted by atomic mass is 32.2. The van der Waals surface area contributed by atoms with E-state index < -0.39 is 10.0 Å². The summed E-state index contributed by atoms with van der Waals surface area (Å²) in [7, 11) is -3.47. The number of sulfonamides is 1. The summed E-state index contributed by atoms with van der Waals surface area (Å²) in [6.07, 6.45) is 1.17. The van der Waals surface area contributed by atoms with Crippen LogP contribution in [-0.2, 0) is 16.6 Å². The van der Waals surface area contributed by atoms with Crippen LogP contribution in [0.25, 0.3) is 0 Å². The van der Waals surface area contributed by atoms with Crippen molar-refractivity contribution in [2.24, 2.45) is 0 Å². The fourth-order valence-corrected chi connectivity index (χ4v) is 3.54. The van der Waals surface area contributed by atoms with E-state index >= 15 is 0 Å². The van der Waals surface area contributed by atoms with Crippen molar-refractivity contribution >= 4 is 27.3 Å². The number of carbonyl (C=O) groups is 1. The minimum Gasteiger partial charge on any atom is -0.322 e. The van der Waals surface area contributed by atoms with Gasteiger partial charge in [-0.2, -0.15) is 0 Å². The Kier molecular flexibility index (Phi) is 5.57. The zero-order valence-corrected chi connectivity index (χ0v) is 15.7. The van der Waals surface area contributed by atoms with Gasteiger partial charge in [0.15, 0.2) is 0 Å². The molecule has 3 aromatic rings. The summed E-state index contributed by atoms with van der Waals surface area (Å²) in [5, 5.41) is 2.81. The number of carbonyl (C=O) groups excluding carboxylic acids is 1. The molecular formula is C21H20N2O3S. The highest BCUT2D eigenvalue weighted by molar-refractivity contribution is 7.92. The lowest BCUT2D eigenvalue weighted by Crippen LogP contribution is -2.29. The summed E-state index contributed by atoms with van der Waals surface area (Å²) in [6, 6.07) is 25.1. The van der Waals surface area contributed by atoms with Crippen LogP contribution < -0.4 is 9.62 Å². The average molecular weight is 380 g/mol.